The molecule has 2 N–H and O–H groups in total. The zero-order chi connectivity index (χ0) is 31.2. The molecule has 0 heterocycles. The number of esters is 2. The molecule has 0 saturated heterocycles. The third kappa shape index (κ3) is 32.0. The van der Waals surface area contributed by atoms with Gasteiger partial charge in [0.25, 0.3) is 0 Å². The highest BCUT2D eigenvalue weighted by atomic mass is 31.2. The SMILES string of the molecule is CCCCCCCCCCCCCCCCCC(=O)O[C@H](COC(=O)CCCCCCCCCCC)COP(=O)(O)O. The van der Waals surface area contributed by atoms with Gasteiger partial charge in [-0.25, -0.2) is 4.57 Å². The van der Waals surface area contributed by atoms with Crippen LogP contribution >= 0.6 is 7.82 Å². The number of phosphoric acid groups is 1. The largest absolute Gasteiger partial charge is 0.469 e. The van der Waals surface area contributed by atoms with Crippen LogP contribution in [-0.4, -0.2) is 41.0 Å². The Hall–Kier alpha value is -0.950. The van der Waals surface area contributed by atoms with Crippen molar-refractivity contribution in [3.05, 3.63) is 0 Å². The molecule has 0 aliphatic heterocycles. The molecule has 0 aromatic carbocycles. The number of ether oxygens (including phenoxy) is 2. The number of phosphoric ester groups is 1. The summed E-state index contributed by atoms with van der Waals surface area (Å²) in [6.07, 6.45) is 28.3. The maximum Gasteiger partial charge on any atom is 0.469 e. The standard InChI is InChI=1S/C33H65O8P/c1-3-5-7-9-11-13-14-15-16-17-18-20-22-24-26-28-33(35)41-31(30-40-42(36,37)38)29-39-32(34)27-25-23-21-19-12-10-8-6-4-2/h31H,3-30H2,1-2H3,(H2,36,37,38)/t31-/m1/s1. The highest BCUT2D eigenvalue weighted by Gasteiger charge is 2.22. The molecular weight excluding hydrogens is 555 g/mol. The summed E-state index contributed by atoms with van der Waals surface area (Å²) in [5.74, 6) is -0.878. The Morgan fingerprint density at radius 2 is 0.857 bits per heavy atom. The molecule has 0 saturated carbocycles. The molecule has 8 nitrogen and oxygen atoms in total. The maximum atomic E-state index is 12.3. The summed E-state index contributed by atoms with van der Waals surface area (Å²) >= 11 is 0. The van der Waals surface area contributed by atoms with Crippen molar-refractivity contribution >= 4 is 19.8 Å². The van der Waals surface area contributed by atoms with E-state index in [1.165, 1.54) is 116 Å². The Morgan fingerprint density at radius 3 is 1.21 bits per heavy atom. The summed E-state index contributed by atoms with van der Waals surface area (Å²) in [5, 5.41) is 0. The van der Waals surface area contributed by atoms with Gasteiger partial charge < -0.3 is 19.3 Å². The topological polar surface area (TPSA) is 119 Å². The van der Waals surface area contributed by atoms with Gasteiger partial charge in [0.2, 0.25) is 0 Å². The summed E-state index contributed by atoms with van der Waals surface area (Å²) in [5.41, 5.74) is 0. The highest BCUT2D eigenvalue weighted by molar-refractivity contribution is 7.46. The first kappa shape index (κ1) is 41.0. The van der Waals surface area contributed by atoms with Crippen molar-refractivity contribution in [3.8, 4) is 0 Å². The Kier molecular flexibility index (Phi) is 29.4. The van der Waals surface area contributed by atoms with Crippen LogP contribution in [0.4, 0.5) is 0 Å². The van der Waals surface area contributed by atoms with Crippen molar-refractivity contribution in [1.29, 1.82) is 0 Å². The summed E-state index contributed by atoms with van der Waals surface area (Å²) in [4.78, 5) is 42.4. The fraction of sp³-hybridized carbons (Fsp3) is 0.939. The number of hydrogen-bond acceptors (Lipinski definition) is 6. The molecule has 0 spiro atoms. The molecule has 250 valence electrons. The lowest BCUT2D eigenvalue weighted by atomic mass is 10.0. The summed E-state index contributed by atoms with van der Waals surface area (Å²) < 4.78 is 26.2. The van der Waals surface area contributed by atoms with E-state index < -0.39 is 32.5 Å². The van der Waals surface area contributed by atoms with Gasteiger partial charge in [0.1, 0.15) is 6.61 Å². The molecule has 0 fully saturated rings. The molecule has 0 aliphatic carbocycles. The van der Waals surface area contributed by atoms with Gasteiger partial charge in [-0.3, -0.25) is 14.1 Å². The predicted octanol–water partition coefficient (Wildman–Crippen LogP) is 9.73. The smallest absolute Gasteiger partial charge is 0.462 e. The fourth-order valence-electron chi connectivity index (χ4n) is 5.02. The summed E-state index contributed by atoms with van der Waals surface area (Å²) in [6, 6.07) is 0. The minimum absolute atomic E-state index is 0.219. The van der Waals surface area contributed by atoms with E-state index in [9.17, 15) is 14.2 Å². The second-order valence-corrected chi connectivity index (χ2v) is 13.1. The maximum absolute atomic E-state index is 12.3. The van der Waals surface area contributed by atoms with Crippen LogP contribution in [0.25, 0.3) is 0 Å². The number of carbonyl (C=O) groups is 2. The molecule has 42 heavy (non-hydrogen) atoms. The van der Waals surface area contributed by atoms with Gasteiger partial charge in [-0.05, 0) is 12.8 Å². The van der Waals surface area contributed by atoms with E-state index in [0.717, 1.165) is 32.1 Å². The van der Waals surface area contributed by atoms with E-state index in [2.05, 4.69) is 18.4 Å². The Labute approximate surface area is 257 Å². The lowest BCUT2D eigenvalue weighted by Crippen LogP contribution is -2.29. The van der Waals surface area contributed by atoms with Gasteiger partial charge in [-0.2, -0.15) is 0 Å². The first-order chi connectivity index (χ1) is 20.3. The van der Waals surface area contributed by atoms with E-state index in [1.54, 1.807) is 0 Å². The van der Waals surface area contributed by atoms with Crippen LogP contribution < -0.4 is 0 Å². The van der Waals surface area contributed by atoms with Crippen molar-refractivity contribution < 1.29 is 37.9 Å². The van der Waals surface area contributed by atoms with Crippen molar-refractivity contribution in [3.63, 3.8) is 0 Å². The Morgan fingerprint density at radius 1 is 0.524 bits per heavy atom. The normalized spacial score (nSPS) is 12.4. The zero-order valence-corrected chi connectivity index (χ0v) is 28.1. The first-order valence-corrected chi connectivity index (χ1v) is 18.9. The Bertz CT molecular complexity index is 666. The number of rotatable bonds is 32. The van der Waals surface area contributed by atoms with Crippen molar-refractivity contribution in [2.75, 3.05) is 13.2 Å². The molecule has 0 aromatic heterocycles. The van der Waals surface area contributed by atoms with Crippen LogP contribution in [0.3, 0.4) is 0 Å². The van der Waals surface area contributed by atoms with E-state index in [1.807, 2.05) is 0 Å². The van der Waals surface area contributed by atoms with Crippen molar-refractivity contribution in [1.82, 2.24) is 0 Å². The van der Waals surface area contributed by atoms with Gasteiger partial charge in [0.15, 0.2) is 6.10 Å². The molecule has 0 aliphatic rings. The lowest BCUT2D eigenvalue weighted by Gasteiger charge is -2.18. The molecule has 0 amide bonds. The quantitative estimate of drug-likeness (QED) is 0.0433. The average molecular weight is 621 g/mol. The fourth-order valence-corrected chi connectivity index (χ4v) is 5.38. The minimum atomic E-state index is -4.73. The predicted molar refractivity (Wildman–Crippen MR) is 170 cm³/mol. The molecule has 0 aromatic rings. The van der Waals surface area contributed by atoms with E-state index in [-0.39, 0.29) is 19.4 Å². The monoisotopic (exact) mass is 620 g/mol. The molecule has 0 unspecified atom stereocenters. The second-order valence-electron chi connectivity index (χ2n) is 11.9. The highest BCUT2D eigenvalue weighted by Crippen LogP contribution is 2.36. The molecule has 0 radical (unpaired) electrons. The van der Waals surface area contributed by atoms with Crippen LogP contribution in [0.2, 0.25) is 0 Å². The number of hydrogen-bond donors (Lipinski definition) is 2. The van der Waals surface area contributed by atoms with Crippen molar-refractivity contribution in [2.24, 2.45) is 0 Å². The molecular formula is C33H65O8P. The van der Waals surface area contributed by atoms with Crippen LogP contribution in [0.1, 0.15) is 181 Å². The van der Waals surface area contributed by atoms with E-state index >= 15 is 0 Å². The molecule has 1 atom stereocenters. The average Bonchev–Trinajstić information content (AvgIpc) is 2.95. The van der Waals surface area contributed by atoms with Gasteiger partial charge in [0.05, 0.1) is 6.61 Å². The van der Waals surface area contributed by atoms with E-state index in [4.69, 9.17) is 19.3 Å². The molecule has 0 rings (SSSR count). The van der Waals surface area contributed by atoms with Gasteiger partial charge in [0, 0.05) is 12.8 Å². The van der Waals surface area contributed by atoms with Gasteiger partial charge in [-0.1, -0.05) is 155 Å². The zero-order valence-electron chi connectivity index (χ0n) is 27.2. The summed E-state index contributed by atoms with van der Waals surface area (Å²) in [6.45, 7) is 3.65. The lowest BCUT2D eigenvalue weighted by molar-refractivity contribution is -0.161. The third-order valence-corrected chi connectivity index (χ3v) is 8.11. The number of carbonyl (C=O) groups excluding carboxylic acids is 2. The molecule has 9 heteroatoms. The van der Waals surface area contributed by atoms with Crippen LogP contribution in [0.15, 0.2) is 0 Å². The van der Waals surface area contributed by atoms with Gasteiger partial charge in [-0.15, -0.1) is 0 Å². The second kappa shape index (κ2) is 30.1. The third-order valence-electron chi connectivity index (χ3n) is 7.63. The number of unbranched alkanes of at least 4 members (excludes halogenated alkanes) is 22. The summed E-state index contributed by atoms with van der Waals surface area (Å²) in [7, 11) is -4.73. The van der Waals surface area contributed by atoms with Gasteiger partial charge >= 0.3 is 19.8 Å². The first-order valence-electron chi connectivity index (χ1n) is 17.3. The minimum Gasteiger partial charge on any atom is -0.462 e. The van der Waals surface area contributed by atoms with E-state index in [0.29, 0.717) is 6.42 Å². The van der Waals surface area contributed by atoms with Crippen LogP contribution in [-0.2, 0) is 28.2 Å². The Balaban J connectivity index is 3.94. The van der Waals surface area contributed by atoms with Crippen LogP contribution in [0.5, 0.6) is 0 Å². The van der Waals surface area contributed by atoms with Crippen molar-refractivity contribution in [2.45, 2.75) is 187 Å². The molecule has 0 bridgehead atoms. The van der Waals surface area contributed by atoms with Crippen LogP contribution in [0, 0.1) is 0 Å².